The van der Waals surface area contributed by atoms with Gasteiger partial charge in [-0.15, -0.1) is 0 Å². The molecule has 0 radical (unpaired) electrons. The molecule has 1 heterocycles. The molecular formula is C19H29N5. The van der Waals surface area contributed by atoms with Gasteiger partial charge >= 0.3 is 0 Å². The number of hydrogen-bond donors (Lipinski definition) is 2. The predicted octanol–water partition coefficient (Wildman–Crippen LogP) is 2.81. The summed E-state index contributed by atoms with van der Waals surface area (Å²) in [6, 6.07) is 10.6. The van der Waals surface area contributed by atoms with Gasteiger partial charge < -0.3 is 10.6 Å². The minimum Gasteiger partial charge on any atom is -0.356 e. The van der Waals surface area contributed by atoms with Crippen molar-refractivity contribution >= 4 is 5.96 Å². The minimum absolute atomic E-state index is 0.688. The summed E-state index contributed by atoms with van der Waals surface area (Å²) < 4.78 is 1.91. The highest BCUT2D eigenvalue weighted by atomic mass is 15.3. The largest absolute Gasteiger partial charge is 0.356 e. The van der Waals surface area contributed by atoms with Crippen LogP contribution in [0.5, 0.6) is 0 Å². The fraction of sp³-hybridized carbons (Fsp3) is 0.474. The molecule has 0 bridgehead atoms. The number of nitrogens with one attached hydrogen (secondary N) is 2. The fourth-order valence-electron chi connectivity index (χ4n) is 2.38. The SMILES string of the molecule is CCCCNC(=NCc1ccc(C)cc1)NCCc1ccnn1C. The van der Waals surface area contributed by atoms with Crippen molar-refractivity contribution < 1.29 is 0 Å². The van der Waals surface area contributed by atoms with E-state index < -0.39 is 0 Å². The number of aromatic nitrogens is 2. The van der Waals surface area contributed by atoms with Gasteiger partial charge in [0.2, 0.25) is 0 Å². The Morgan fingerprint density at radius 3 is 2.54 bits per heavy atom. The van der Waals surface area contributed by atoms with Gasteiger partial charge in [0.1, 0.15) is 0 Å². The maximum absolute atomic E-state index is 4.71. The van der Waals surface area contributed by atoms with E-state index in [2.05, 4.69) is 59.9 Å². The Kier molecular flexibility index (Phi) is 7.33. The van der Waals surface area contributed by atoms with Gasteiger partial charge in [-0.3, -0.25) is 4.68 Å². The molecule has 2 rings (SSSR count). The first-order valence-corrected chi connectivity index (χ1v) is 8.73. The van der Waals surface area contributed by atoms with Crippen LogP contribution in [0.3, 0.4) is 0 Å². The highest BCUT2D eigenvalue weighted by molar-refractivity contribution is 5.79. The van der Waals surface area contributed by atoms with E-state index in [0.29, 0.717) is 6.54 Å². The third-order valence-electron chi connectivity index (χ3n) is 3.96. The lowest BCUT2D eigenvalue weighted by molar-refractivity contribution is 0.683. The molecule has 0 saturated heterocycles. The summed E-state index contributed by atoms with van der Waals surface area (Å²) in [6.07, 6.45) is 5.08. The Morgan fingerprint density at radius 1 is 1.12 bits per heavy atom. The Morgan fingerprint density at radius 2 is 1.88 bits per heavy atom. The lowest BCUT2D eigenvalue weighted by Crippen LogP contribution is -2.39. The van der Waals surface area contributed by atoms with Crippen LogP contribution in [0.1, 0.15) is 36.6 Å². The molecule has 5 heteroatoms. The number of aliphatic imine (C=N–C) groups is 1. The average molecular weight is 327 g/mol. The van der Waals surface area contributed by atoms with E-state index in [-0.39, 0.29) is 0 Å². The molecule has 1 aromatic carbocycles. The molecule has 1 aromatic heterocycles. The number of guanidine groups is 1. The highest BCUT2D eigenvalue weighted by Crippen LogP contribution is 2.04. The van der Waals surface area contributed by atoms with E-state index in [1.54, 1.807) is 0 Å². The van der Waals surface area contributed by atoms with Crippen molar-refractivity contribution in [3.8, 4) is 0 Å². The Labute approximate surface area is 145 Å². The predicted molar refractivity (Wildman–Crippen MR) is 100 cm³/mol. The van der Waals surface area contributed by atoms with Crippen molar-refractivity contribution in [3.05, 3.63) is 53.3 Å². The summed E-state index contributed by atoms with van der Waals surface area (Å²) in [5, 5.41) is 11.0. The van der Waals surface area contributed by atoms with Gasteiger partial charge in [0.05, 0.1) is 6.54 Å². The molecule has 0 unspecified atom stereocenters. The molecule has 0 saturated carbocycles. The van der Waals surface area contributed by atoms with E-state index in [4.69, 9.17) is 4.99 Å². The van der Waals surface area contributed by atoms with Crippen LogP contribution in [0.15, 0.2) is 41.5 Å². The van der Waals surface area contributed by atoms with E-state index in [1.165, 1.54) is 23.2 Å². The van der Waals surface area contributed by atoms with Crippen molar-refractivity contribution in [3.63, 3.8) is 0 Å². The van der Waals surface area contributed by atoms with Crippen LogP contribution in [0, 0.1) is 6.92 Å². The Hall–Kier alpha value is -2.30. The normalized spacial score (nSPS) is 11.5. The zero-order valence-corrected chi connectivity index (χ0v) is 15.0. The van der Waals surface area contributed by atoms with Gasteiger partial charge in [-0.2, -0.15) is 5.10 Å². The van der Waals surface area contributed by atoms with Crippen LogP contribution in [0.4, 0.5) is 0 Å². The number of rotatable bonds is 8. The molecule has 130 valence electrons. The van der Waals surface area contributed by atoms with Crippen LogP contribution in [0.2, 0.25) is 0 Å². The molecule has 2 aromatic rings. The summed E-state index contributed by atoms with van der Waals surface area (Å²) in [4.78, 5) is 4.71. The molecule has 5 nitrogen and oxygen atoms in total. The summed E-state index contributed by atoms with van der Waals surface area (Å²) >= 11 is 0. The van der Waals surface area contributed by atoms with Gasteiger partial charge in [0.25, 0.3) is 0 Å². The van der Waals surface area contributed by atoms with Crippen molar-refractivity contribution in [2.45, 2.75) is 39.7 Å². The van der Waals surface area contributed by atoms with Crippen molar-refractivity contribution in [2.75, 3.05) is 13.1 Å². The van der Waals surface area contributed by atoms with Crippen molar-refractivity contribution in [2.24, 2.45) is 12.0 Å². The molecule has 0 spiro atoms. The van der Waals surface area contributed by atoms with E-state index >= 15 is 0 Å². The number of unbranched alkanes of at least 4 members (excludes halogenated alkanes) is 1. The third kappa shape index (κ3) is 6.07. The second-order valence-electron chi connectivity index (χ2n) is 6.05. The van der Waals surface area contributed by atoms with Gasteiger partial charge in [-0.25, -0.2) is 4.99 Å². The molecule has 2 N–H and O–H groups in total. The number of aryl methyl sites for hydroxylation is 2. The number of nitrogens with zero attached hydrogens (tertiary/aromatic N) is 3. The fourth-order valence-corrected chi connectivity index (χ4v) is 2.38. The van der Waals surface area contributed by atoms with Crippen molar-refractivity contribution in [1.29, 1.82) is 0 Å². The van der Waals surface area contributed by atoms with Crippen LogP contribution < -0.4 is 10.6 Å². The maximum Gasteiger partial charge on any atom is 0.191 e. The van der Waals surface area contributed by atoms with Crippen LogP contribution in [0.25, 0.3) is 0 Å². The average Bonchev–Trinajstić information content (AvgIpc) is 2.99. The molecular weight excluding hydrogens is 298 g/mol. The summed E-state index contributed by atoms with van der Waals surface area (Å²) in [5.41, 5.74) is 3.72. The number of benzene rings is 1. The zero-order valence-electron chi connectivity index (χ0n) is 15.0. The second-order valence-corrected chi connectivity index (χ2v) is 6.05. The first-order chi connectivity index (χ1) is 11.7. The van der Waals surface area contributed by atoms with Crippen LogP contribution >= 0.6 is 0 Å². The van der Waals surface area contributed by atoms with Crippen LogP contribution in [-0.4, -0.2) is 28.8 Å². The van der Waals surface area contributed by atoms with Gasteiger partial charge in [-0.05, 0) is 25.0 Å². The Balaban J connectivity index is 1.88. The minimum atomic E-state index is 0.688. The summed E-state index contributed by atoms with van der Waals surface area (Å²) in [7, 11) is 1.97. The first-order valence-electron chi connectivity index (χ1n) is 8.73. The van der Waals surface area contributed by atoms with E-state index in [1.807, 2.05) is 17.9 Å². The molecule has 0 aliphatic carbocycles. The lowest BCUT2D eigenvalue weighted by Gasteiger charge is -2.12. The monoisotopic (exact) mass is 327 g/mol. The van der Waals surface area contributed by atoms with E-state index in [9.17, 15) is 0 Å². The first kappa shape index (κ1) is 18.0. The van der Waals surface area contributed by atoms with Crippen molar-refractivity contribution in [1.82, 2.24) is 20.4 Å². The number of hydrogen-bond acceptors (Lipinski definition) is 2. The molecule has 0 fully saturated rings. The lowest BCUT2D eigenvalue weighted by atomic mass is 10.1. The second kappa shape index (κ2) is 9.75. The highest BCUT2D eigenvalue weighted by Gasteiger charge is 2.01. The summed E-state index contributed by atoms with van der Waals surface area (Å²) in [5.74, 6) is 0.881. The van der Waals surface area contributed by atoms with Crippen LogP contribution in [-0.2, 0) is 20.0 Å². The standard InChI is InChI=1S/C19H29N5/c1-4-5-12-20-19(21-13-10-18-11-14-23-24(18)3)22-15-17-8-6-16(2)7-9-17/h6-9,11,14H,4-5,10,12-13,15H2,1-3H3,(H2,20,21,22). The topological polar surface area (TPSA) is 54.2 Å². The quantitative estimate of drug-likeness (QED) is 0.445. The Bertz CT molecular complexity index is 627. The summed E-state index contributed by atoms with van der Waals surface area (Å²) in [6.45, 7) is 6.77. The third-order valence-corrected chi connectivity index (χ3v) is 3.96. The van der Waals surface area contributed by atoms with Gasteiger partial charge in [-0.1, -0.05) is 43.2 Å². The van der Waals surface area contributed by atoms with E-state index in [0.717, 1.165) is 31.9 Å². The molecule has 0 aliphatic heterocycles. The molecule has 0 atom stereocenters. The molecule has 24 heavy (non-hydrogen) atoms. The molecule has 0 amide bonds. The van der Waals surface area contributed by atoms with Gasteiger partial charge in [0.15, 0.2) is 5.96 Å². The zero-order chi connectivity index (χ0) is 17.2. The maximum atomic E-state index is 4.71. The van der Waals surface area contributed by atoms with Gasteiger partial charge in [0, 0.05) is 38.4 Å². The smallest absolute Gasteiger partial charge is 0.191 e. The molecule has 0 aliphatic rings.